The summed E-state index contributed by atoms with van der Waals surface area (Å²) < 4.78 is 0. The highest BCUT2D eigenvalue weighted by molar-refractivity contribution is 5.81. The zero-order valence-electron chi connectivity index (χ0n) is 15.7. The molecule has 0 saturated heterocycles. The summed E-state index contributed by atoms with van der Waals surface area (Å²) in [5.41, 5.74) is 9.26. The number of aromatic nitrogens is 1. The summed E-state index contributed by atoms with van der Waals surface area (Å²) in [5.74, 6) is 0. The number of fused-ring (bicyclic) bond motifs is 3. The van der Waals surface area contributed by atoms with Gasteiger partial charge < -0.3 is 0 Å². The molecule has 1 aromatic heterocycles. The first-order valence-electron chi connectivity index (χ1n) is 9.00. The molecule has 1 heterocycles. The van der Waals surface area contributed by atoms with Crippen LogP contribution in [-0.2, 0) is 10.8 Å². The third-order valence-corrected chi connectivity index (χ3v) is 6.35. The average Bonchev–Trinajstić information content (AvgIpc) is 2.61. The molecule has 1 aliphatic carbocycles. The van der Waals surface area contributed by atoms with Crippen LogP contribution in [0.3, 0.4) is 0 Å². The second kappa shape index (κ2) is 5.29. The van der Waals surface area contributed by atoms with Gasteiger partial charge in [0.2, 0.25) is 0 Å². The molecular weight excluding hydrogens is 302 g/mol. The molecule has 1 nitrogen and oxygen atoms in total. The molecule has 0 bridgehead atoms. The predicted molar refractivity (Wildman–Crippen MR) is 106 cm³/mol. The van der Waals surface area contributed by atoms with E-state index in [2.05, 4.69) is 82.1 Å². The fourth-order valence-corrected chi connectivity index (χ4v) is 4.09. The Kier molecular flexibility index (Phi) is 3.40. The fraction of sp³-hybridized carbons (Fsp3) is 0.292. The zero-order chi connectivity index (χ0) is 17.8. The lowest BCUT2D eigenvalue weighted by molar-refractivity contribution is 0.299. The minimum absolute atomic E-state index is 0.0613. The number of nitrogens with zero attached hydrogens (tertiary/aromatic N) is 1. The van der Waals surface area contributed by atoms with Gasteiger partial charge in [0.05, 0.1) is 5.69 Å². The van der Waals surface area contributed by atoms with Crippen LogP contribution in [0.1, 0.15) is 44.4 Å². The lowest BCUT2D eigenvalue weighted by Crippen LogP contribution is -2.43. The predicted octanol–water partition coefficient (Wildman–Crippen LogP) is 6.29. The highest BCUT2D eigenvalue weighted by Crippen LogP contribution is 2.54. The second-order valence-electron chi connectivity index (χ2n) is 8.27. The van der Waals surface area contributed by atoms with Crippen molar-refractivity contribution < 1.29 is 0 Å². The Morgan fingerprint density at radius 3 is 2.20 bits per heavy atom. The van der Waals surface area contributed by atoms with Gasteiger partial charge >= 0.3 is 0 Å². The molecule has 0 unspecified atom stereocenters. The molecule has 1 heteroatoms. The Morgan fingerprint density at radius 1 is 0.720 bits per heavy atom. The summed E-state index contributed by atoms with van der Waals surface area (Å²) in [6.07, 6.45) is 1.86. The Labute approximate surface area is 150 Å². The third kappa shape index (κ3) is 2.26. The first-order valence-corrected chi connectivity index (χ1v) is 9.00. The van der Waals surface area contributed by atoms with Gasteiger partial charge in [0.1, 0.15) is 0 Å². The van der Waals surface area contributed by atoms with E-state index in [1.54, 1.807) is 0 Å². The maximum Gasteiger partial charge on any atom is 0.0702 e. The van der Waals surface area contributed by atoms with Gasteiger partial charge in [-0.3, -0.25) is 4.98 Å². The molecule has 0 aliphatic heterocycles. The van der Waals surface area contributed by atoms with Gasteiger partial charge in [0.25, 0.3) is 0 Å². The largest absolute Gasteiger partial charge is 0.256 e. The van der Waals surface area contributed by atoms with E-state index in [-0.39, 0.29) is 10.8 Å². The van der Waals surface area contributed by atoms with E-state index < -0.39 is 0 Å². The van der Waals surface area contributed by atoms with Gasteiger partial charge in [-0.05, 0) is 58.2 Å². The number of hydrogen-bond donors (Lipinski definition) is 0. The number of pyridine rings is 1. The number of benzene rings is 2. The van der Waals surface area contributed by atoms with Gasteiger partial charge in [0, 0.05) is 11.8 Å². The first-order chi connectivity index (χ1) is 11.8. The van der Waals surface area contributed by atoms with Crippen molar-refractivity contribution in [3.8, 4) is 22.4 Å². The maximum absolute atomic E-state index is 4.53. The van der Waals surface area contributed by atoms with Gasteiger partial charge in [0.15, 0.2) is 0 Å². The molecule has 0 saturated carbocycles. The average molecular weight is 327 g/mol. The Balaban J connectivity index is 2.02. The van der Waals surface area contributed by atoms with Crippen LogP contribution in [0.5, 0.6) is 0 Å². The quantitative estimate of drug-likeness (QED) is 0.511. The standard InChI is InChI=1S/C24H25N/c1-16-9-11-18-19-15-17(22-8-6-7-13-25-22)10-12-20(19)23(2,3)24(4,5)21(18)14-16/h6-15H,1-5H3. The summed E-state index contributed by atoms with van der Waals surface area (Å²) in [6.45, 7) is 11.7. The smallest absolute Gasteiger partial charge is 0.0702 e. The molecule has 1 aliphatic rings. The van der Waals surface area contributed by atoms with E-state index in [0.717, 1.165) is 5.69 Å². The van der Waals surface area contributed by atoms with Crippen LogP contribution in [0.2, 0.25) is 0 Å². The second-order valence-corrected chi connectivity index (χ2v) is 8.27. The monoisotopic (exact) mass is 327 g/mol. The lowest BCUT2D eigenvalue weighted by atomic mass is 9.55. The Hall–Kier alpha value is -2.41. The third-order valence-electron chi connectivity index (χ3n) is 6.35. The van der Waals surface area contributed by atoms with Crippen LogP contribution in [0.4, 0.5) is 0 Å². The summed E-state index contributed by atoms with van der Waals surface area (Å²) in [5, 5.41) is 0. The molecule has 0 N–H and O–H groups in total. The molecule has 126 valence electrons. The SMILES string of the molecule is Cc1ccc2c(c1)C(C)(C)C(C)(C)c1ccc(-c3ccccn3)cc1-2. The van der Waals surface area contributed by atoms with Gasteiger partial charge in [-0.25, -0.2) is 0 Å². The van der Waals surface area contributed by atoms with Crippen molar-refractivity contribution >= 4 is 0 Å². The Bertz CT molecular complexity index is 949. The maximum atomic E-state index is 4.53. The molecule has 0 fully saturated rings. The van der Waals surface area contributed by atoms with Crippen LogP contribution < -0.4 is 0 Å². The number of rotatable bonds is 1. The molecule has 25 heavy (non-hydrogen) atoms. The molecule has 0 radical (unpaired) electrons. The van der Waals surface area contributed by atoms with Crippen molar-refractivity contribution in [2.75, 3.05) is 0 Å². The summed E-state index contributed by atoms with van der Waals surface area (Å²) >= 11 is 0. The van der Waals surface area contributed by atoms with Crippen LogP contribution in [0.25, 0.3) is 22.4 Å². The molecule has 0 spiro atoms. The molecule has 4 rings (SSSR count). The minimum Gasteiger partial charge on any atom is -0.256 e. The van der Waals surface area contributed by atoms with E-state index in [0.29, 0.717) is 0 Å². The Morgan fingerprint density at radius 2 is 1.48 bits per heavy atom. The van der Waals surface area contributed by atoms with E-state index in [1.807, 2.05) is 18.3 Å². The highest BCUT2D eigenvalue weighted by atomic mass is 14.7. The van der Waals surface area contributed by atoms with E-state index >= 15 is 0 Å². The number of hydrogen-bond acceptors (Lipinski definition) is 1. The van der Waals surface area contributed by atoms with E-state index in [1.165, 1.54) is 33.4 Å². The molecule has 0 amide bonds. The molecule has 0 atom stereocenters. The topological polar surface area (TPSA) is 12.9 Å². The minimum atomic E-state index is 0.0613. The van der Waals surface area contributed by atoms with Crippen molar-refractivity contribution in [3.05, 3.63) is 77.5 Å². The van der Waals surface area contributed by atoms with Crippen LogP contribution in [0, 0.1) is 6.92 Å². The van der Waals surface area contributed by atoms with Gasteiger partial charge in [-0.15, -0.1) is 0 Å². The lowest BCUT2D eigenvalue weighted by Gasteiger charge is -2.48. The van der Waals surface area contributed by atoms with Gasteiger partial charge in [-0.1, -0.05) is 69.7 Å². The van der Waals surface area contributed by atoms with Crippen LogP contribution in [-0.4, -0.2) is 4.98 Å². The van der Waals surface area contributed by atoms with Crippen molar-refractivity contribution in [2.45, 2.75) is 45.4 Å². The summed E-state index contributed by atoms with van der Waals surface area (Å²) in [6, 6.07) is 19.8. The normalized spacial score (nSPS) is 16.8. The molecule has 3 aromatic rings. The van der Waals surface area contributed by atoms with Crippen LogP contribution >= 0.6 is 0 Å². The summed E-state index contributed by atoms with van der Waals surface area (Å²) in [7, 11) is 0. The van der Waals surface area contributed by atoms with Crippen LogP contribution in [0.15, 0.2) is 60.8 Å². The highest BCUT2D eigenvalue weighted by Gasteiger charge is 2.45. The van der Waals surface area contributed by atoms with Gasteiger partial charge in [-0.2, -0.15) is 0 Å². The van der Waals surface area contributed by atoms with Crippen molar-refractivity contribution in [3.63, 3.8) is 0 Å². The van der Waals surface area contributed by atoms with Crippen molar-refractivity contribution in [1.82, 2.24) is 4.98 Å². The van der Waals surface area contributed by atoms with Crippen molar-refractivity contribution in [2.24, 2.45) is 0 Å². The first kappa shape index (κ1) is 16.1. The van der Waals surface area contributed by atoms with E-state index in [4.69, 9.17) is 0 Å². The number of aryl methyl sites for hydroxylation is 1. The molecular formula is C24H25N. The zero-order valence-corrected chi connectivity index (χ0v) is 15.7. The molecule has 2 aromatic carbocycles. The van der Waals surface area contributed by atoms with E-state index in [9.17, 15) is 0 Å². The summed E-state index contributed by atoms with van der Waals surface area (Å²) in [4.78, 5) is 4.53. The van der Waals surface area contributed by atoms with Crippen molar-refractivity contribution in [1.29, 1.82) is 0 Å². The fourth-order valence-electron chi connectivity index (χ4n) is 4.09.